The third-order valence-electron chi connectivity index (χ3n) is 2.18. The van der Waals surface area contributed by atoms with Crippen LogP contribution in [0.1, 0.15) is 15.9 Å². The number of hydrogen-bond acceptors (Lipinski definition) is 2. The van der Waals surface area contributed by atoms with Crippen LogP contribution in [-0.4, -0.2) is 11.1 Å². The van der Waals surface area contributed by atoms with Crippen LogP contribution in [0.3, 0.4) is 0 Å². The van der Waals surface area contributed by atoms with Crippen LogP contribution in [0.2, 0.25) is 0 Å². The summed E-state index contributed by atoms with van der Waals surface area (Å²) in [4.78, 5) is 11.7. The summed E-state index contributed by atoms with van der Waals surface area (Å²) in [6, 6.07) is 9.77. The molecule has 0 unspecified atom stereocenters. The van der Waals surface area contributed by atoms with Gasteiger partial charge in [0.05, 0.1) is 5.56 Å². The number of carboxylic acid groups (broad SMARTS) is 1. The third-order valence-corrected chi connectivity index (χ3v) is 3.16. The quantitative estimate of drug-likeness (QED) is 0.838. The number of aryl methyl sites for hydroxylation is 1. The van der Waals surface area contributed by atoms with Crippen molar-refractivity contribution in [1.29, 1.82) is 0 Å². The Morgan fingerprint density at radius 3 is 2.47 bits per heavy atom. The molecular weight excluding hydrogens is 208 g/mol. The maximum absolute atomic E-state index is 10.7. The Morgan fingerprint density at radius 1 is 1.27 bits per heavy atom. The van der Waals surface area contributed by atoms with Gasteiger partial charge >= 0.3 is 5.97 Å². The summed E-state index contributed by atoms with van der Waals surface area (Å²) >= 11 is 1.46. The Labute approximate surface area is 91.8 Å². The average Bonchev–Trinajstić information content (AvgIpc) is 2.68. The molecule has 76 valence electrons. The van der Waals surface area contributed by atoms with Crippen molar-refractivity contribution < 1.29 is 9.90 Å². The van der Waals surface area contributed by atoms with E-state index in [1.54, 1.807) is 11.4 Å². The van der Waals surface area contributed by atoms with Gasteiger partial charge in [-0.15, -0.1) is 11.3 Å². The van der Waals surface area contributed by atoms with Crippen molar-refractivity contribution in [2.75, 3.05) is 0 Å². The van der Waals surface area contributed by atoms with E-state index in [4.69, 9.17) is 5.11 Å². The second kappa shape index (κ2) is 3.87. The van der Waals surface area contributed by atoms with Crippen molar-refractivity contribution in [3.05, 3.63) is 46.8 Å². The molecule has 2 aromatic rings. The summed E-state index contributed by atoms with van der Waals surface area (Å²) in [6.45, 7) is 2.03. The molecule has 2 nitrogen and oxygen atoms in total. The van der Waals surface area contributed by atoms with Crippen LogP contribution in [0.15, 0.2) is 35.7 Å². The summed E-state index contributed by atoms with van der Waals surface area (Å²) in [5.41, 5.74) is 2.63. The van der Waals surface area contributed by atoms with Crippen LogP contribution in [-0.2, 0) is 0 Å². The molecule has 0 spiro atoms. The molecule has 0 aliphatic rings. The fraction of sp³-hybridized carbons (Fsp3) is 0.0833. The van der Waals surface area contributed by atoms with Crippen molar-refractivity contribution in [2.45, 2.75) is 6.92 Å². The molecule has 1 aromatic carbocycles. The van der Waals surface area contributed by atoms with Gasteiger partial charge in [0, 0.05) is 10.3 Å². The number of aromatic carboxylic acids is 1. The zero-order valence-electron chi connectivity index (χ0n) is 8.23. The van der Waals surface area contributed by atoms with E-state index in [1.165, 1.54) is 16.9 Å². The first-order valence-corrected chi connectivity index (χ1v) is 5.43. The SMILES string of the molecule is Cc1ccc(-c2cc(C(=O)O)cs2)cc1. The zero-order chi connectivity index (χ0) is 10.8. The lowest BCUT2D eigenvalue weighted by Gasteiger charge is -1.97. The molecule has 0 aliphatic carbocycles. The molecule has 0 fully saturated rings. The van der Waals surface area contributed by atoms with E-state index in [1.807, 2.05) is 31.2 Å². The van der Waals surface area contributed by atoms with Gasteiger partial charge in [0.25, 0.3) is 0 Å². The molecule has 0 bridgehead atoms. The van der Waals surface area contributed by atoms with Crippen LogP contribution in [0, 0.1) is 6.92 Å². The molecule has 2 rings (SSSR count). The highest BCUT2D eigenvalue weighted by Gasteiger charge is 2.07. The van der Waals surface area contributed by atoms with Crippen LogP contribution >= 0.6 is 11.3 Å². The van der Waals surface area contributed by atoms with E-state index >= 15 is 0 Å². The minimum absolute atomic E-state index is 0.357. The van der Waals surface area contributed by atoms with E-state index in [0.29, 0.717) is 5.56 Å². The smallest absolute Gasteiger partial charge is 0.336 e. The standard InChI is InChI=1S/C12H10O2S/c1-8-2-4-9(5-3-8)11-6-10(7-15-11)12(13)14/h2-7H,1H3,(H,13,14). The van der Waals surface area contributed by atoms with Gasteiger partial charge in [-0.2, -0.15) is 0 Å². The van der Waals surface area contributed by atoms with E-state index in [-0.39, 0.29) is 0 Å². The Hall–Kier alpha value is -1.61. The topological polar surface area (TPSA) is 37.3 Å². The predicted octanol–water partition coefficient (Wildman–Crippen LogP) is 3.42. The largest absolute Gasteiger partial charge is 0.478 e. The molecule has 1 heterocycles. The number of rotatable bonds is 2. The molecule has 0 saturated carbocycles. The Kier molecular flexibility index (Phi) is 2.56. The highest BCUT2D eigenvalue weighted by atomic mass is 32.1. The number of carbonyl (C=O) groups is 1. The third kappa shape index (κ3) is 2.07. The summed E-state index contributed by atoms with van der Waals surface area (Å²) in [5, 5.41) is 10.5. The van der Waals surface area contributed by atoms with Gasteiger partial charge in [-0.25, -0.2) is 4.79 Å². The summed E-state index contributed by atoms with van der Waals surface area (Å²) in [5.74, 6) is -0.871. The molecule has 0 radical (unpaired) electrons. The first-order chi connectivity index (χ1) is 7.16. The van der Waals surface area contributed by atoms with Gasteiger partial charge in [0.2, 0.25) is 0 Å². The maximum atomic E-state index is 10.7. The summed E-state index contributed by atoms with van der Waals surface area (Å²) < 4.78 is 0. The van der Waals surface area contributed by atoms with Crippen molar-refractivity contribution in [2.24, 2.45) is 0 Å². The van der Waals surface area contributed by atoms with Crippen molar-refractivity contribution >= 4 is 17.3 Å². The first-order valence-electron chi connectivity index (χ1n) is 4.55. The van der Waals surface area contributed by atoms with E-state index in [2.05, 4.69) is 0 Å². The van der Waals surface area contributed by atoms with Crippen LogP contribution < -0.4 is 0 Å². The number of thiophene rings is 1. The van der Waals surface area contributed by atoms with Gasteiger partial charge < -0.3 is 5.11 Å². The Morgan fingerprint density at radius 2 is 1.93 bits per heavy atom. The summed E-state index contributed by atoms with van der Waals surface area (Å²) in [6.07, 6.45) is 0. The molecule has 0 aliphatic heterocycles. The minimum Gasteiger partial charge on any atom is -0.478 e. The van der Waals surface area contributed by atoms with Crippen molar-refractivity contribution in [3.8, 4) is 10.4 Å². The number of benzene rings is 1. The van der Waals surface area contributed by atoms with E-state index in [9.17, 15) is 4.79 Å². The van der Waals surface area contributed by atoms with E-state index < -0.39 is 5.97 Å². The fourth-order valence-corrected chi connectivity index (χ4v) is 2.21. The van der Waals surface area contributed by atoms with Crippen LogP contribution in [0.4, 0.5) is 0 Å². The average molecular weight is 218 g/mol. The van der Waals surface area contributed by atoms with Gasteiger partial charge in [0.1, 0.15) is 0 Å². The number of hydrogen-bond donors (Lipinski definition) is 1. The Bertz CT molecular complexity index is 483. The minimum atomic E-state index is -0.871. The normalized spacial score (nSPS) is 10.2. The lowest BCUT2D eigenvalue weighted by atomic mass is 10.1. The van der Waals surface area contributed by atoms with Gasteiger partial charge in [-0.05, 0) is 18.6 Å². The highest BCUT2D eigenvalue weighted by molar-refractivity contribution is 7.13. The molecule has 1 aromatic heterocycles. The molecule has 1 N–H and O–H groups in total. The Balaban J connectivity index is 2.37. The second-order valence-corrected chi connectivity index (χ2v) is 4.28. The van der Waals surface area contributed by atoms with Crippen LogP contribution in [0.5, 0.6) is 0 Å². The van der Waals surface area contributed by atoms with Gasteiger partial charge in [0.15, 0.2) is 0 Å². The first kappa shape index (κ1) is 9.93. The fourth-order valence-electron chi connectivity index (χ4n) is 1.32. The molecule has 0 saturated heterocycles. The van der Waals surface area contributed by atoms with Crippen LogP contribution in [0.25, 0.3) is 10.4 Å². The lowest BCUT2D eigenvalue weighted by Crippen LogP contribution is -1.91. The van der Waals surface area contributed by atoms with Gasteiger partial charge in [-0.1, -0.05) is 29.8 Å². The lowest BCUT2D eigenvalue weighted by molar-refractivity contribution is 0.0697. The summed E-state index contributed by atoms with van der Waals surface area (Å²) in [7, 11) is 0. The van der Waals surface area contributed by atoms with E-state index in [0.717, 1.165) is 10.4 Å². The molecular formula is C12H10O2S. The second-order valence-electron chi connectivity index (χ2n) is 3.37. The monoisotopic (exact) mass is 218 g/mol. The molecule has 3 heteroatoms. The number of carboxylic acids is 1. The highest BCUT2D eigenvalue weighted by Crippen LogP contribution is 2.27. The van der Waals surface area contributed by atoms with Crippen molar-refractivity contribution in [1.82, 2.24) is 0 Å². The van der Waals surface area contributed by atoms with Crippen molar-refractivity contribution in [3.63, 3.8) is 0 Å². The molecule has 0 atom stereocenters. The zero-order valence-corrected chi connectivity index (χ0v) is 9.04. The molecule has 0 amide bonds. The van der Waals surface area contributed by atoms with Gasteiger partial charge in [-0.3, -0.25) is 0 Å². The predicted molar refractivity (Wildman–Crippen MR) is 61.5 cm³/mol. The molecule has 15 heavy (non-hydrogen) atoms. The maximum Gasteiger partial charge on any atom is 0.336 e.